The number of carbonyl (C=O) groups excluding carboxylic acids is 1. The molecular weight excluding hydrogens is 214 g/mol. The first kappa shape index (κ1) is 13.6. The lowest BCUT2D eigenvalue weighted by Gasteiger charge is -2.10. The quantitative estimate of drug-likeness (QED) is 0.770. The Morgan fingerprint density at radius 1 is 1.41 bits per heavy atom. The van der Waals surface area contributed by atoms with Crippen molar-refractivity contribution in [3.8, 4) is 0 Å². The van der Waals surface area contributed by atoms with Gasteiger partial charge in [0, 0.05) is 12.2 Å². The summed E-state index contributed by atoms with van der Waals surface area (Å²) in [6, 6.07) is 8.27. The van der Waals surface area contributed by atoms with Gasteiger partial charge in [0.25, 0.3) is 0 Å². The summed E-state index contributed by atoms with van der Waals surface area (Å²) in [6.45, 7) is 7.20. The highest BCUT2D eigenvalue weighted by molar-refractivity contribution is 5.70. The van der Waals surface area contributed by atoms with Crippen LogP contribution >= 0.6 is 0 Å². The number of carbonyl (C=O) groups is 1. The summed E-state index contributed by atoms with van der Waals surface area (Å²) >= 11 is 0. The molecule has 0 spiro atoms. The summed E-state index contributed by atoms with van der Waals surface area (Å²) in [4.78, 5) is 11.1. The van der Waals surface area contributed by atoms with Crippen molar-refractivity contribution in [2.24, 2.45) is 0 Å². The van der Waals surface area contributed by atoms with Crippen molar-refractivity contribution in [2.45, 2.75) is 33.1 Å². The van der Waals surface area contributed by atoms with Crippen molar-refractivity contribution in [2.75, 3.05) is 18.5 Å². The summed E-state index contributed by atoms with van der Waals surface area (Å²) < 4.78 is 4.86. The van der Waals surface area contributed by atoms with Gasteiger partial charge < -0.3 is 10.1 Å². The number of hydrogen-bond acceptors (Lipinski definition) is 3. The molecule has 0 amide bonds. The van der Waals surface area contributed by atoms with Crippen LogP contribution in [0.2, 0.25) is 0 Å². The van der Waals surface area contributed by atoms with Crippen LogP contribution in [0.1, 0.15) is 38.7 Å². The second kappa shape index (κ2) is 6.94. The number of esters is 1. The van der Waals surface area contributed by atoms with Crippen LogP contribution in [0.3, 0.4) is 0 Å². The molecule has 0 radical (unpaired) electrons. The molecule has 17 heavy (non-hydrogen) atoms. The van der Waals surface area contributed by atoms with Crippen molar-refractivity contribution in [3.05, 3.63) is 29.8 Å². The lowest BCUT2D eigenvalue weighted by atomic mass is 10.0. The molecule has 3 nitrogen and oxygen atoms in total. The van der Waals surface area contributed by atoms with E-state index in [9.17, 15) is 4.79 Å². The topological polar surface area (TPSA) is 38.3 Å². The minimum Gasteiger partial charge on any atom is -0.466 e. The third kappa shape index (κ3) is 4.89. The molecule has 1 aromatic rings. The fourth-order valence-corrected chi connectivity index (χ4v) is 1.55. The summed E-state index contributed by atoms with van der Waals surface area (Å²) in [6.07, 6.45) is 0.403. The van der Waals surface area contributed by atoms with E-state index in [1.807, 2.05) is 19.1 Å². The van der Waals surface area contributed by atoms with E-state index in [1.54, 1.807) is 0 Å². The van der Waals surface area contributed by atoms with Gasteiger partial charge in [-0.05, 0) is 30.5 Å². The van der Waals surface area contributed by atoms with Gasteiger partial charge in [-0.15, -0.1) is 0 Å². The number of benzene rings is 1. The largest absolute Gasteiger partial charge is 0.466 e. The molecular formula is C14H21NO2. The fraction of sp³-hybridized carbons (Fsp3) is 0.500. The minimum atomic E-state index is -0.153. The van der Waals surface area contributed by atoms with Crippen LogP contribution < -0.4 is 5.32 Å². The Morgan fingerprint density at radius 3 is 2.82 bits per heavy atom. The first-order chi connectivity index (χ1) is 8.13. The van der Waals surface area contributed by atoms with Gasteiger partial charge in [-0.2, -0.15) is 0 Å². The highest BCUT2D eigenvalue weighted by Crippen LogP contribution is 2.18. The number of nitrogens with one attached hydrogen (secondary N) is 1. The van der Waals surface area contributed by atoms with Crippen LogP contribution in [0.15, 0.2) is 24.3 Å². The fourth-order valence-electron chi connectivity index (χ4n) is 1.55. The van der Waals surface area contributed by atoms with Crippen LogP contribution in [-0.4, -0.2) is 19.1 Å². The van der Waals surface area contributed by atoms with Crippen LogP contribution in [-0.2, 0) is 9.53 Å². The van der Waals surface area contributed by atoms with E-state index in [0.717, 1.165) is 5.69 Å². The Bertz CT molecular complexity index is 361. The Balaban J connectivity index is 2.41. The molecule has 94 valence electrons. The molecule has 0 bridgehead atoms. The summed E-state index contributed by atoms with van der Waals surface area (Å²) in [5, 5.41) is 3.23. The Kier molecular flexibility index (Phi) is 5.53. The van der Waals surface area contributed by atoms with Gasteiger partial charge in [-0.3, -0.25) is 4.79 Å². The van der Waals surface area contributed by atoms with Gasteiger partial charge >= 0.3 is 5.97 Å². The Labute approximate surface area is 103 Å². The second-order valence-corrected chi connectivity index (χ2v) is 4.26. The zero-order valence-electron chi connectivity index (χ0n) is 10.8. The molecule has 0 atom stereocenters. The molecule has 0 saturated heterocycles. The van der Waals surface area contributed by atoms with Crippen molar-refractivity contribution in [1.29, 1.82) is 0 Å². The Hall–Kier alpha value is -1.51. The summed E-state index contributed by atoms with van der Waals surface area (Å²) in [7, 11) is 0. The van der Waals surface area contributed by atoms with Crippen LogP contribution in [0, 0.1) is 0 Å². The minimum absolute atomic E-state index is 0.153. The van der Waals surface area contributed by atoms with Gasteiger partial charge in [0.05, 0.1) is 13.0 Å². The SMILES string of the molecule is CCOC(=O)CCNc1cccc(C(C)C)c1. The van der Waals surface area contributed by atoms with Gasteiger partial charge in [-0.25, -0.2) is 0 Å². The first-order valence-corrected chi connectivity index (χ1v) is 6.13. The van der Waals surface area contributed by atoms with E-state index in [-0.39, 0.29) is 5.97 Å². The standard InChI is InChI=1S/C14H21NO2/c1-4-17-14(16)8-9-15-13-7-5-6-12(10-13)11(2)3/h5-7,10-11,15H,4,8-9H2,1-3H3. The predicted molar refractivity (Wildman–Crippen MR) is 70.3 cm³/mol. The van der Waals surface area contributed by atoms with Crippen molar-refractivity contribution < 1.29 is 9.53 Å². The number of rotatable bonds is 6. The lowest BCUT2D eigenvalue weighted by molar-refractivity contribution is -0.142. The van der Waals surface area contributed by atoms with E-state index in [2.05, 4.69) is 31.3 Å². The molecule has 0 aliphatic heterocycles. The third-order valence-electron chi connectivity index (χ3n) is 2.52. The maximum atomic E-state index is 11.1. The van der Waals surface area contributed by atoms with Crippen molar-refractivity contribution >= 4 is 11.7 Å². The van der Waals surface area contributed by atoms with Gasteiger partial charge in [-0.1, -0.05) is 26.0 Å². The average molecular weight is 235 g/mol. The van der Waals surface area contributed by atoms with Gasteiger partial charge in [0.1, 0.15) is 0 Å². The molecule has 1 aromatic carbocycles. The lowest BCUT2D eigenvalue weighted by Crippen LogP contribution is -2.11. The van der Waals surface area contributed by atoms with Crippen LogP contribution in [0.25, 0.3) is 0 Å². The van der Waals surface area contributed by atoms with Gasteiger partial charge in [0.15, 0.2) is 0 Å². The molecule has 0 unspecified atom stereocenters. The first-order valence-electron chi connectivity index (χ1n) is 6.13. The van der Waals surface area contributed by atoms with Crippen LogP contribution in [0.5, 0.6) is 0 Å². The van der Waals surface area contributed by atoms with E-state index in [4.69, 9.17) is 4.74 Å². The molecule has 0 heterocycles. The maximum Gasteiger partial charge on any atom is 0.307 e. The highest BCUT2D eigenvalue weighted by Gasteiger charge is 2.02. The highest BCUT2D eigenvalue weighted by atomic mass is 16.5. The third-order valence-corrected chi connectivity index (χ3v) is 2.52. The molecule has 0 aromatic heterocycles. The van der Waals surface area contributed by atoms with Crippen molar-refractivity contribution in [3.63, 3.8) is 0 Å². The molecule has 0 fully saturated rings. The van der Waals surface area contributed by atoms with Crippen LogP contribution in [0.4, 0.5) is 5.69 Å². The average Bonchev–Trinajstić information content (AvgIpc) is 2.30. The monoisotopic (exact) mass is 235 g/mol. The van der Waals surface area contributed by atoms with E-state index < -0.39 is 0 Å². The van der Waals surface area contributed by atoms with Gasteiger partial charge in [0.2, 0.25) is 0 Å². The predicted octanol–water partition coefficient (Wildman–Crippen LogP) is 3.18. The molecule has 0 aliphatic carbocycles. The second-order valence-electron chi connectivity index (χ2n) is 4.26. The maximum absolute atomic E-state index is 11.1. The smallest absolute Gasteiger partial charge is 0.307 e. The zero-order valence-corrected chi connectivity index (χ0v) is 10.8. The number of ether oxygens (including phenoxy) is 1. The summed E-state index contributed by atoms with van der Waals surface area (Å²) in [5.74, 6) is 0.363. The molecule has 0 aliphatic rings. The molecule has 0 saturated carbocycles. The normalized spacial score (nSPS) is 10.4. The molecule has 3 heteroatoms. The molecule has 1 N–H and O–H groups in total. The van der Waals surface area contributed by atoms with Crippen molar-refractivity contribution in [1.82, 2.24) is 0 Å². The number of hydrogen-bond donors (Lipinski definition) is 1. The Morgan fingerprint density at radius 2 is 2.18 bits per heavy atom. The molecule has 1 rings (SSSR count). The zero-order chi connectivity index (χ0) is 12.7. The van der Waals surface area contributed by atoms with E-state index in [0.29, 0.717) is 25.5 Å². The number of anilines is 1. The van der Waals surface area contributed by atoms with E-state index >= 15 is 0 Å². The summed E-state index contributed by atoms with van der Waals surface area (Å²) in [5.41, 5.74) is 2.35. The van der Waals surface area contributed by atoms with E-state index in [1.165, 1.54) is 5.56 Å².